The molecule has 0 aromatic heterocycles. The predicted molar refractivity (Wildman–Crippen MR) is 85.0 cm³/mol. The molecule has 5 nitrogen and oxygen atoms in total. The molecule has 2 saturated carbocycles. The van der Waals surface area contributed by atoms with Gasteiger partial charge in [0.2, 0.25) is 11.8 Å². The number of hydrogen-bond acceptors (Lipinski definition) is 4. The fourth-order valence-electron chi connectivity index (χ4n) is 5.16. The molecule has 2 amide bonds. The Morgan fingerprint density at radius 3 is 2.04 bits per heavy atom. The molecule has 24 heavy (non-hydrogen) atoms. The standard InChI is InChI=1S/C19H17NO4/c1-10(21)24-12-4-2-11(3-5-12)20-17(22)15-13-6-7-14(16(15)18(20)23)19(13)8-9-19/h2-7,13-16H,8-9H2,1H3/t13-,14-,15-,16-/m0/s1. The van der Waals surface area contributed by atoms with E-state index in [-0.39, 0.29) is 40.9 Å². The van der Waals surface area contributed by atoms with Crippen molar-refractivity contribution in [3.05, 3.63) is 36.4 Å². The summed E-state index contributed by atoms with van der Waals surface area (Å²) in [5.41, 5.74) is 0.769. The highest BCUT2D eigenvalue weighted by Crippen LogP contribution is 2.73. The topological polar surface area (TPSA) is 63.7 Å². The quantitative estimate of drug-likeness (QED) is 0.363. The van der Waals surface area contributed by atoms with Gasteiger partial charge in [0.25, 0.3) is 0 Å². The van der Waals surface area contributed by atoms with Gasteiger partial charge in [-0.3, -0.25) is 19.3 Å². The zero-order valence-corrected chi connectivity index (χ0v) is 13.3. The van der Waals surface area contributed by atoms with Gasteiger partial charge in [-0.15, -0.1) is 0 Å². The van der Waals surface area contributed by atoms with Gasteiger partial charge in [-0.1, -0.05) is 12.2 Å². The van der Waals surface area contributed by atoms with E-state index in [9.17, 15) is 14.4 Å². The van der Waals surface area contributed by atoms with E-state index in [2.05, 4.69) is 12.2 Å². The summed E-state index contributed by atoms with van der Waals surface area (Å²) < 4.78 is 5.00. The van der Waals surface area contributed by atoms with E-state index in [0.29, 0.717) is 11.4 Å². The monoisotopic (exact) mass is 323 g/mol. The fraction of sp³-hybridized carbons (Fsp3) is 0.421. The fourth-order valence-corrected chi connectivity index (χ4v) is 5.16. The highest BCUT2D eigenvalue weighted by Gasteiger charge is 2.73. The number of allylic oxidation sites excluding steroid dienone is 2. The van der Waals surface area contributed by atoms with Crippen molar-refractivity contribution in [2.75, 3.05) is 4.90 Å². The molecule has 1 saturated heterocycles. The lowest BCUT2D eigenvalue weighted by atomic mass is 9.85. The first-order chi connectivity index (χ1) is 11.5. The Kier molecular flexibility index (Phi) is 2.53. The molecule has 1 aromatic rings. The van der Waals surface area contributed by atoms with E-state index in [1.165, 1.54) is 11.8 Å². The molecule has 4 aliphatic rings. The third-order valence-corrected chi connectivity index (χ3v) is 6.21. The Balaban J connectivity index is 1.46. The first kappa shape index (κ1) is 14.0. The number of rotatable bonds is 2. The van der Waals surface area contributed by atoms with E-state index in [1.807, 2.05) is 0 Å². The summed E-state index contributed by atoms with van der Waals surface area (Å²) in [4.78, 5) is 38.2. The Hall–Kier alpha value is -2.43. The molecule has 0 N–H and O–H groups in total. The lowest BCUT2D eigenvalue weighted by Crippen LogP contribution is -2.34. The molecule has 5 heteroatoms. The summed E-state index contributed by atoms with van der Waals surface area (Å²) in [6.45, 7) is 1.33. The van der Waals surface area contributed by atoms with Gasteiger partial charge < -0.3 is 4.74 Å². The second kappa shape index (κ2) is 4.35. The lowest BCUT2D eigenvalue weighted by Gasteiger charge is -2.21. The average molecular weight is 323 g/mol. The van der Waals surface area contributed by atoms with Crippen LogP contribution >= 0.6 is 0 Å². The largest absolute Gasteiger partial charge is 0.427 e. The highest BCUT2D eigenvalue weighted by atomic mass is 16.5. The van der Waals surface area contributed by atoms with Gasteiger partial charge in [-0.25, -0.2) is 0 Å². The van der Waals surface area contributed by atoms with E-state index < -0.39 is 5.97 Å². The number of esters is 1. The van der Waals surface area contributed by atoms with Gasteiger partial charge in [-0.2, -0.15) is 0 Å². The maximum atomic E-state index is 13.0. The lowest BCUT2D eigenvalue weighted by molar-refractivity contribution is -0.132. The van der Waals surface area contributed by atoms with Crippen molar-refractivity contribution in [2.45, 2.75) is 19.8 Å². The molecular weight excluding hydrogens is 306 g/mol. The minimum atomic E-state index is -0.400. The number of anilines is 1. The summed E-state index contributed by atoms with van der Waals surface area (Å²) in [6.07, 6.45) is 6.61. The number of carbonyl (C=O) groups excluding carboxylic acids is 3. The average Bonchev–Trinajstić information content (AvgIpc) is 3.14. The zero-order valence-electron chi connectivity index (χ0n) is 13.3. The van der Waals surface area contributed by atoms with Crippen LogP contribution in [0.5, 0.6) is 5.75 Å². The summed E-state index contributed by atoms with van der Waals surface area (Å²) in [6, 6.07) is 6.55. The van der Waals surface area contributed by atoms with E-state index >= 15 is 0 Å². The molecule has 0 radical (unpaired) electrons. The van der Waals surface area contributed by atoms with Crippen LogP contribution in [0.2, 0.25) is 0 Å². The normalized spacial score (nSPS) is 34.1. The third kappa shape index (κ3) is 1.57. The summed E-state index contributed by atoms with van der Waals surface area (Å²) >= 11 is 0. The van der Waals surface area contributed by atoms with Crippen molar-refractivity contribution in [1.82, 2.24) is 0 Å². The van der Waals surface area contributed by atoms with Crippen LogP contribution in [0.15, 0.2) is 36.4 Å². The van der Waals surface area contributed by atoms with Crippen LogP contribution in [0.4, 0.5) is 5.69 Å². The molecule has 5 rings (SSSR count). The van der Waals surface area contributed by atoms with Crippen LogP contribution in [0, 0.1) is 29.1 Å². The summed E-state index contributed by atoms with van der Waals surface area (Å²) in [5, 5.41) is 0. The SMILES string of the molecule is CC(=O)Oc1ccc(N2C(=O)[C@@H]3[C@@H](C2=O)[C@@H]2C=C[C@@H]3C23CC3)cc1. The molecule has 0 unspecified atom stereocenters. The Morgan fingerprint density at radius 2 is 1.58 bits per heavy atom. The Bertz CT molecular complexity index is 771. The van der Waals surface area contributed by atoms with Crippen LogP contribution in [-0.2, 0) is 14.4 Å². The van der Waals surface area contributed by atoms with Crippen molar-refractivity contribution >= 4 is 23.5 Å². The van der Waals surface area contributed by atoms with Gasteiger partial charge in [0.1, 0.15) is 5.75 Å². The van der Waals surface area contributed by atoms with Crippen LogP contribution in [-0.4, -0.2) is 17.8 Å². The van der Waals surface area contributed by atoms with Gasteiger partial charge in [0.15, 0.2) is 0 Å². The van der Waals surface area contributed by atoms with Crippen molar-refractivity contribution < 1.29 is 19.1 Å². The number of fused-ring (bicyclic) bond motifs is 3. The molecule has 4 atom stereocenters. The van der Waals surface area contributed by atoms with Crippen LogP contribution in [0.1, 0.15) is 19.8 Å². The highest BCUT2D eigenvalue weighted by molar-refractivity contribution is 6.23. The van der Waals surface area contributed by atoms with Gasteiger partial charge >= 0.3 is 5.97 Å². The van der Waals surface area contributed by atoms with E-state index in [4.69, 9.17) is 4.74 Å². The molecule has 1 aromatic carbocycles. The van der Waals surface area contributed by atoms with Crippen molar-refractivity contribution in [2.24, 2.45) is 29.1 Å². The zero-order chi connectivity index (χ0) is 16.6. The third-order valence-electron chi connectivity index (χ3n) is 6.21. The van der Waals surface area contributed by atoms with Crippen LogP contribution in [0.3, 0.4) is 0 Å². The van der Waals surface area contributed by atoms with Gasteiger partial charge in [0.05, 0.1) is 17.5 Å². The summed E-state index contributed by atoms with van der Waals surface area (Å²) in [5.74, 6) is -0.0660. The maximum absolute atomic E-state index is 13.0. The maximum Gasteiger partial charge on any atom is 0.308 e. The van der Waals surface area contributed by atoms with Crippen molar-refractivity contribution in [1.29, 1.82) is 0 Å². The van der Waals surface area contributed by atoms with Crippen molar-refractivity contribution in [3.63, 3.8) is 0 Å². The second-order valence-corrected chi connectivity index (χ2v) is 7.32. The molecule has 2 bridgehead atoms. The molecule has 122 valence electrons. The van der Waals surface area contributed by atoms with Crippen LogP contribution < -0.4 is 9.64 Å². The molecule has 1 spiro atoms. The molecule has 1 aliphatic heterocycles. The number of hydrogen-bond donors (Lipinski definition) is 0. The number of nitrogens with zero attached hydrogens (tertiary/aromatic N) is 1. The summed E-state index contributed by atoms with van der Waals surface area (Å²) in [7, 11) is 0. The Morgan fingerprint density at radius 1 is 1.04 bits per heavy atom. The van der Waals surface area contributed by atoms with Crippen LogP contribution in [0.25, 0.3) is 0 Å². The number of benzene rings is 1. The van der Waals surface area contributed by atoms with Crippen molar-refractivity contribution in [3.8, 4) is 5.75 Å². The smallest absolute Gasteiger partial charge is 0.308 e. The number of imide groups is 1. The van der Waals surface area contributed by atoms with Gasteiger partial charge in [0, 0.05) is 6.92 Å². The molecule has 3 aliphatic carbocycles. The Labute approximate surface area is 139 Å². The minimum Gasteiger partial charge on any atom is -0.427 e. The first-order valence-corrected chi connectivity index (χ1v) is 8.37. The molecular formula is C19H17NO4. The predicted octanol–water partition coefficient (Wildman–Crippen LogP) is 2.31. The minimum absolute atomic E-state index is 0.0756. The van der Waals surface area contributed by atoms with Gasteiger partial charge in [-0.05, 0) is 54.4 Å². The second-order valence-electron chi connectivity index (χ2n) is 7.32. The van der Waals surface area contributed by atoms with E-state index in [0.717, 1.165) is 12.8 Å². The molecule has 1 heterocycles. The van der Waals surface area contributed by atoms with E-state index in [1.54, 1.807) is 24.3 Å². The number of amides is 2. The number of ether oxygens (including phenoxy) is 1. The number of carbonyl (C=O) groups is 3. The molecule has 3 fully saturated rings. The first-order valence-electron chi connectivity index (χ1n) is 8.37.